The molecule has 0 atom stereocenters. The van der Waals surface area contributed by atoms with E-state index in [1.54, 1.807) is 12.1 Å². The molecule has 0 heterocycles. The van der Waals surface area contributed by atoms with Crippen LogP contribution in [-0.4, -0.2) is 5.78 Å². The maximum atomic E-state index is 11.5. The van der Waals surface area contributed by atoms with Crippen molar-refractivity contribution in [1.82, 2.24) is 0 Å². The monoisotopic (exact) mass is 302 g/mol. The molecular weight excluding hydrogens is 291 g/mol. The second-order valence-electron chi connectivity index (χ2n) is 4.15. The topological polar surface area (TPSA) is 17.1 Å². The van der Waals surface area contributed by atoms with Crippen molar-refractivity contribution in [2.45, 2.75) is 0 Å². The van der Waals surface area contributed by atoms with Gasteiger partial charge in [0.2, 0.25) is 0 Å². The third kappa shape index (κ3) is 3.19. The summed E-state index contributed by atoms with van der Waals surface area (Å²) in [7, 11) is 0. The highest BCUT2D eigenvalue weighted by atomic mass is 35.5. The molecule has 2 rings (SSSR count). The number of allylic oxidation sites excluding steroid dienone is 1. The van der Waals surface area contributed by atoms with Crippen molar-refractivity contribution >= 4 is 34.6 Å². The average molecular weight is 303 g/mol. The lowest BCUT2D eigenvalue weighted by Crippen LogP contribution is -1.95. The maximum absolute atomic E-state index is 11.5. The normalized spacial score (nSPS) is 9.90. The Bertz CT molecular complexity index is 651. The van der Waals surface area contributed by atoms with Gasteiger partial charge in [-0.05, 0) is 17.2 Å². The van der Waals surface area contributed by atoms with Gasteiger partial charge in [0, 0.05) is 11.1 Å². The summed E-state index contributed by atoms with van der Waals surface area (Å²) in [5.74, 6) is -0.112. The molecule has 2 aromatic rings. The van der Waals surface area contributed by atoms with E-state index in [4.69, 9.17) is 23.2 Å². The number of halogens is 2. The molecule has 0 radical (unpaired) electrons. The van der Waals surface area contributed by atoms with Crippen LogP contribution in [0.4, 0.5) is 0 Å². The van der Waals surface area contributed by atoms with Gasteiger partial charge in [-0.15, -0.1) is 0 Å². The fourth-order valence-electron chi connectivity index (χ4n) is 1.91. The molecule has 0 N–H and O–H groups in total. The van der Waals surface area contributed by atoms with Crippen molar-refractivity contribution in [1.29, 1.82) is 0 Å². The second-order valence-corrected chi connectivity index (χ2v) is 5.10. The van der Waals surface area contributed by atoms with Crippen molar-refractivity contribution < 1.29 is 4.79 Å². The van der Waals surface area contributed by atoms with Crippen LogP contribution < -0.4 is 0 Å². The first-order chi connectivity index (χ1) is 9.63. The van der Waals surface area contributed by atoms with Crippen LogP contribution in [-0.2, 0) is 0 Å². The molecule has 1 nitrogen and oxygen atoms in total. The van der Waals surface area contributed by atoms with Gasteiger partial charge in [-0.3, -0.25) is 4.79 Å². The van der Waals surface area contributed by atoms with Gasteiger partial charge in [-0.1, -0.05) is 84.4 Å². The Hall–Kier alpha value is -1.83. The molecule has 0 aliphatic carbocycles. The summed E-state index contributed by atoms with van der Waals surface area (Å²) in [4.78, 5) is 11.5. The Morgan fingerprint density at radius 3 is 1.85 bits per heavy atom. The minimum Gasteiger partial charge on any atom is -0.289 e. The fourth-order valence-corrected chi connectivity index (χ4v) is 2.35. The third-order valence-electron chi connectivity index (χ3n) is 2.89. The summed E-state index contributed by atoms with van der Waals surface area (Å²) in [6.45, 7) is 3.47. The summed E-state index contributed by atoms with van der Waals surface area (Å²) in [6, 6.07) is 16.7. The molecule has 0 aromatic heterocycles. The predicted octanol–water partition coefficient (Wildman–Crippen LogP) is 5.25. The van der Waals surface area contributed by atoms with E-state index in [1.165, 1.54) is 6.08 Å². The summed E-state index contributed by atoms with van der Waals surface area (Å²) in [5.41, 5.74) is 3.11. The Kier molecular flexibility index (Phi) is 4.78. The molecule has 0 saturated heterocycles. The summed E-state index contributed by atoms with van der Waals surface area (Å²) < 4.78 is 0.194. The van der Waals surface area contributed by atoms with E-state index in [0.29, 0.717) is 5.56 Å². The zero-order valence-electron chi connectivity index (χ0n) is 10.6. The number of carbonyl (C=O) groups is 1. The molecule has 2 aromatic carbocycles. The van der Waals surface area contributed by atoms with Gasteiger partial charge >= 0.3 is 0 Å². The van der Waals surface area contributed by atoms with Crippen LogP contribution >= 0.6 is 23.2 Å². The molecule has 0 aliphatic rings. The number of rotatable bonds is 4. The first-order valence-electron chi connectivity index (χ1n) is 6.01. The summed E-state index contributed by atoms with van der Waals surface area (Å²) in [5, 5.41) is 0. The van der Waals surface area contributed by atoms with Crippen LogP contribution in [0.2, 0.25) is 0 Å². The molecule has 3 heteroatoms. The van der Waals surface area contributed by atoms with Gasteiger partial charge in [-0.2, -0.15) is 0 Å². The maximum Gasteiger partial charge on any atom is 0.185 e. The SMILES string of the molecule is C=CC(=O)c1ccc(C(=C(Cl)Cl)c2ccccc2)cc1. The molecule has 0 saturated carbocycles. The number of carbonyl (C=O) groups excluding carboxylic acids is 1. The lowest BCUT2D eigenvalue weighted by atomic mass is 9.98. The number of ketones is 1. The zero-order valence-corrected chi connectivity index (χ0v) is 12.2. The Balaban J connectivity index is 2.45. The Labute approximate surface area is 128 Å². The summed E-state index contributed by atoms with van der Waals surface area (Å²) in [6.07, 6.45) is 1.29. The highest BCUT2D eigenvalue weighted by molar-refractivity contribution is 6.59. The number of hydrogen-bond acceptors (Lipinski definition) is 1. The van der Waals surface area contributed by atoms with Crippen LogP contribution in [0, 0.1) is 0 Å². The highest BCUT2D eigenvalue weighted by Crippen LogP contribution is 2.31. The van der Waals surface area contributed by atoms with Crippen molar-refractivity contribution in [3.8, 4) is 0 Å². The third-order valence-corrected chi connectivity index (χ3v) is 3.27. The molecule has 0 unspecified atom stereocenters. The van der Waals surface area contributed by atoms with Crippen molar-refractivity contribution in [2.75, 3.05) is 0 Å². The molecule has 0 bridgehead atoms. The number of benzene rings is 2. The molecule has 0 amide bonds. The van der Waals surface area contributed by atoms with E-state index in [-0.39, 0.29) is 10.3 Å². The minimum atomic E-state index is -0.112. The quantitative estimate of drug-likeness (QED) is 0.557. The van der Waals surface area contributed by atoms with Gasteiger partial charge < -0.3 is 0 Å². The van der Waals surface area contributed by atoms with Crippen LogP contribution in [0.3, 0.4) is 0 Å². The van der Waals surface area contributed by atoms with Crippen LogP contribution in [0.15, 0.2) is 71.7 Å². The second kappa shape index (κ2) is 6.56. The molecule has 100 valence electrons. The zero-order chi connectivity index (χ0) is 14.5. The van der Waals surface area contributed by atoms with E-state index in [1.807, 2.05) is 42.5 Å². The van der Waals surface area contributed by atoms with Gasteiger partial charge in [0.1, 0.15) is 4.49 Å². The van der Waals surface area contributed by atoms with Gasteiger partial charge in [0.15, 0.2) is 5.78 Å². The predicted molar refractivity (Wildman–Crippen MR) is 85.1 cm³/mol. The minimum absolute atomic E-state index is 0.112. The molecule has 0 fully saturated rings. The van der Waals surface area contributed by atoms with E-state index < -0.39 is 0 Å². The van der Waals surface area contributed by atoms with Gasteiger partial charge in [0.05, 0.1) is 0 Å². The average Bonchev–Trinajstić information content (AvgIpc) is 2.48. The molecule has 0 aliphatic heterocycles. The Morgan fingerprint density at radius 1 is 0.850 bits per heavy atom. The van der Waals surface area contributed by atoms with Crippen molar-refractivity contribution in [3.05, 3.63) is 88.4 Å². The first kappa shape index (κ1) is 14.6. The van der Waals surface area contributed by atoms with Crippen LogP contribution in [0.5, 0.6) is 0 Å². The summed E-state index contributed by atoms with van der Waals surface area (Å²) >= 11 is 12.0. The molecule has 0 spiro atoms. The van der Waals surface area contributed by atoms with Crippen LogP contribution in [0.25, 0.3) is 5.57 Å². The molecule has 20 heavy (non-hydrogen) atoms. The highest BCUT2D eigenvalue weighted by Gasteiger charge is 2.10. The Morgan fingerprint density at radius 2 is 1.35 bits per heavy atom. The van der Waals surface area contributed by atoms with Crippen LogP contribution in [0.1, 0.15) is 21.5 Å². The lowest BCUT2D eigenvalue weighted by molar-refractivity contribution is 0.104. The van der Waals surface area contributed by atoms with Gasteiger partial charge in [-0.25, -0.2) is 0 Å². The molecular formula is C17H12Cl2O. The lowest BCUT2D eigenvalue weighted by Gasteiger charge is -2.09. The van der Waals surface area contributed by atoms with E-state index >= 15 is 0 Å². The van der Waals surface area contributed by atoms with E-state index in [9.17, 15) is 4.79 Å². The standard InChI is InChI=1S/C17H12Cl2O/c1-2-15(20)12-8-10-14(11-9-12)16(17(18)19)13-6-4-3-5-7-13/h2-11H,1H2. The number of hydrogen-bond donors (Lipinski definition) is 0. The largest absolute Gasteiger partial charge is 0.289 e. The van der Waals surface area contributed by atoms with Crippen molar-refractivity contribution in [3.63, 3.8) is 0 Å². The smallest absolute Gasteiger partial charge is 0.185 e. The van der Waals surface area contributed by atoms with E-state index in [0.717, 1.165) is 16.7 Å². The fraction of sp³-hybridized carbons (Fsp3) is 0. The van der Waals surface area contributed by atoms with Crippen molar-refractivity contribution in [2.24, 2.45) is 0 Å². The first-order valence-corrected chi connectivity index (χ1v) is 6.77. The van der Waals surface area contributed by atoms with E-state index in [2.05, 4.69) is 6.58 Å². The van der Waals surface area contributed by atoms with Gasteiger partial charge in [0.25, 0.3) is 0 Å².